The van der Waals surface area contributed by atoms with Crippen molar-refractivity contribution >= 4 is 23.2 Å². The zero-order valence-electron chi connectivity index (χ0n) is 6.22. The van der Waals surface area contributed by atoms with Gasteiger partial charge < -0.3 is 0 Å². The Hall–Kier alpha value is 0.545. The molecule has 0 spiro atoms. The lowest BCUT2D eigenvalue weighted by atomic mass is 9.44. The Morgan fingerprint density at radius 2 is 2.00 bits per heavy atom. The number of fused-ring (bicyclic) bond motifs is 2. The smallest absolute Gasteiger partial charge is 0.0895 e. The predicted octanol–water partition coefficient (Wildman–Crippen LogP) is 3.01. The van der Waals surface area contributed by atoms with Crippen LogP contribution in [0.25, 0.3) is 0 Å². The number of rotatable bonds is 0. The molecule has 0 aromatic heterocycles. The molecule has 1 radical (unpaired) electrons. The molecule has 55 valence electrons. The summed E-state index contributed by atoms with van der Waals surface area (Å²) in [6, 6.07) is 0. The summed E-state index contributed by atoms with van der Waals surface area (Å²) in [5.74, 6) is 1.89. The second kappa shape index (κ2) is 2.88. The van der Waals surface area contributed by atoms with Crippen molar-refractivity contribution in [3.05, 3.63) is 0 Å². The van der Waals surface area contributed by atoms with Crippen molar-refractivity contribution in [1.29, 1.82) is 0 Å². The molecule has 2 saturated heterocycles. The van der Waals surface area contributed by atoms with E-state index in [1.807, 2.05) is 0 Å². The van der Waals surface area contributed by atoms with Gasteiger partial charge in [-0.1, -0.05) is 53.2 Å². The molecule has 0 saturated carbocycles. The Morgan fingerprint density at radius 1 is 1.10 bits per heavy atom. The lowest BCUT2D eigenvalue weighted by Gasteiger charge is -2.36. The van der Waals surface area contributed by atoms with E-state index < -0.39 is 0 Å². The largest absolute Gasteiger partial charge is 0.119 e. The zero-order chi connectivity index (χ0) is 6.97. The van der Waals surface area contributed by atoms with Crippen LogP contribution in [0, 0.1) is 0 Å². The maximum atomic E-state index is 3.74. The molecule has 2 heteroatoms. The van der Waals surface area contributed by atoms with Crippen LogP contribution in [0.5, 0.6) is 0 Å². The van der Waals surface area contributed by atoms with Crippen LogP contribution in [0.1, 0.15) is 32.1 Å². The van der Waals surface area contributed by atoms with Crippen molar-refractivity contribution in [2.75, 3.05) is 0 Å². The van der Waals surface area contributed by atoms with E-state index in [1.165, 1.54) is 32.1 Å². The van der Waals surface area contributed by atoms with Crippen LogP contribution in [0.15, 0.2) is 0 Å². The summed E-state index contributed by atoms with van der Waals surface area (Å²) in [6.45, 7) is 0. The molecule has 2 aliphatic heterocycles. The highest BCUT2D eigenvalue weighted by Crippen LogP contribution is 2.44. The van der Waals surface area contributed by atoms with Crippen molar-refractivity contribution in [3.63, 3.8) is 0 Å². The third kappa shape index (κ3) is 1.27. The number of halogens is 1. The van der Waals surface area contributed by atoms with Gasteiger partial charge in [0.15, 0.2) is 0 Å². The van der Waals surface area contributed by atoms with Gasteiger partial charge in [-0.15, -0.1) is 0 Å². The summed E-state index contributed by atoms with van der Waals surface area (Å²) in [5.41, 5.74) is 0. The molecule has 0 aliphatic carbocycles. The molecule has 2 bridgehead atoms. The minimum absolute atomic E-state index is 0.809. The Kier molecular flexibility index (Phi) is 2.08. The van der Waals surface area contributed by atoms with Gasteiger partial charge in [-0.05, 0) is 6.42 Å². The highest BCUT2D eigenvalue weighted by Gasteiger charge is 2.32. The highest BCUT2D eigenvalue weighted by atomic mass is 79.9. The molecule has 10 heavy (non-hydrogen) atoms. The van der Waals surface area contributed by atoms with Gasteiger partial charge in [0.05, 0.1) is 0 Å². The van der Waals surface area contributed by atoms with E-state index in [4.69, 9.17) is 0 Å². The standard InChI is InChI=1S/C8H13BBr/c10-8-5-4-6-2-1-3-7(8)9-6/h6-8H,1-5H2. The van der Waals surface area contributed by atoms with Crippen LogP contribution in [0.4, 0.5) is 0 Å². The molecule has 0 aromatic rings. The molecule has 0 nitrogen and oxygen atoms in total. The van der Waals surface area contributed by atoms with E-state index >= 15 is 0 Å². The quantitative estimate of drug-likeness (QED) is 0.416. The van der Waals surface area contributed by atoms with Gasteiger partial charge in [0.1, 0.15) is 7.28 Å². The van der Waals surface area contributed by atoms with Crippen LogP contribution < -0.4 is 0 Å². The fourth-order valence-electron chi connectivity index (χ4n) is 2.29. The first-order chi connectivity index (χ1) is 4.86. The topological polar surface area (TPSA) is 0 Å². The Balaban J connectivity index is 2.00. The summed E-state index contributed by atoms with van der Waals surface area (Å²) in [4.78, 5) is 0.809. The van der Waals surface area contributed by atoms with Gasteiger partial charge >= 0.3 is 0 Å². The van der Waals surface area contributed by atoms with E-state index in [9.17, 15) is 0 Å². The monoisotopic (exact) mass is 199 g/mol. The van der Waals surface area contributed by atoms with E-state index in [1.54, 1.807) is 0 Å². The first kappa shape index (κ1) is 7.21. The highest BCUT2D eigenvalue weighted by molar-refractivity contribution is 9.09. The fraction of sp³-hybridized carbons (Fsp3) is 1.00. The molecule has 2 rings (SSSR count). The molecule has 0 aromatic carbocycles. The first-order valence-electron chi connectivity index (χ1n) is 4.35. The first-order valence-corrected chi connectivity index (χ1v) is 5.27. The molecular formula is C8H13BBr. The maximum absolute atomic E-state index is 3.74. The van der Waals surface area contributed by atoms with Crippen molar-refractivity contribution in [3.8, 4) is 0 Å². The predicted molar refractivity (Wildman–Crippen MR) is 49.1 cm³/mol. The van der Waals surface area contributed by atoms with E-state index in [0.29, 0.717) is 0 Å². The summed E-state index contributed by atoms with van der Waals surface area (Å²) in [5, 5.41) is 0. The van der Waals surface area contributed by atoms with E-state index in [-0.39, 0.29) is 0 Å². The zero-order valence-corrected chi connectivity index (χ0v) is 7.81. The summed E-state index contributed by atoms with van der Waals surface area (Å²) in [7, 11) is 2.59. The van der Waals surface area contributed by atoms with Gasteiger partial charge in [-0.3, -0.25) is 0 Å². The molecule has 2 aliphatic rings. The number of alkyl halides is 1. The van der Waals surface area contributed by atoms with Gasteiger partial charge in [0, 0.05) is 4.83 Å². The molecule has 2 fully saturated rings. The lowest BCUT2D eigenvalue weighted by Crippen LogP contribution is -2.29. The Morgan fingerprint density at radius 3 is 2.80 bits per heavy atom. The maximum Gasteiger partial charge on any atom is 0.119 e. The Labute approximate surface area is 72.1 Å². The van der Waals surface area contributed by atoms with Gasteiger partial charge in [0.25, 0.3) is 0 Å². The lowest BCUT2D eigenvalue weighted by molar-refractivity contribution is 0.467. The Bertz CT molecular complexity index is 124. The second-order valence-corrected chi connectivity index (χ2v) is 4.82. The van der Waals surface area contributed by atoms with Crippen molar-refractivity contribution in [2.24, 2.45) is 0 Å². The summed E-state index contributed by atoms with van der Waals surface area (Å²) in [6.07, 6.45) is 7.22. The van der Waals surface area contributed by atoms with Gasteiger partial charge in [-0.25, -0.2) is 0 Å². The summed E-state index contributed by atoms with van der Waals surface area (Å²) >= 11 is 3.74. The van der Waals surface area contributed by atoms with E-state index in [2.05, 4.69) is 23.2 Å². The minimum atomic E-state index is 0.809. The van der Waals surface area contributed by atoms with Gasteiger partial charge in [0.2, 0.25) is 0 Å². The van der Waals surface area contributed by atoms with Crippen LogP contribution in [-0.2, 0) is 0 Å². The molecule has 0 N–H and O–H groups in total. The SMILES string of the molecule is BrC1CCC2[B]C1CCC2. The summed E-state index contributed by atoms with van der Waals surface area (Å²) < 4.78 is 0. The van der Waals surface area contributed by atoms with Crippen molar-refractivity contribution < 1.29 is 0 Å². The molecule has 2 heterocycles. The number of hydrogen-bond acceptors (Lipinski definition) is 0. The average Bonchev–Trinajstić information content (AvgIpc) is 1.99. The molecular weight excluding hydrogens is 187 g/mol. The van der Waals surface area contributed by atoms with Crippen LogP contribution in [0.2, 0.25) is 11.6 Å². The third-order valence-corrected chi connectivity index (χ3v) is 4.05. The molecule has 3 unspecified atom stereocenters. The minimum Gasteiger partial charge on any atom is -0.0895 e. The third-order valence-electron chi connectivity index (χ3n) is 2.91. The molecule has 0 amide bonds. The second-order valence-electron chi connectivity index (χ2n) is 3.64. The van der Waals surface area contributed by atoms with Crippen LogP contribution in [-0.4, -0.2) is 12.1 Å². The van der Waals surface area contributed by atoms with Crippen LogP contribution >= 0.6 is 15.9 Å². The normalized spacial score (nSPS) is 46.3. The van der Waals surface area contributed by atoms with Crippen molar-refractivity contribution in [2.45, 2.75) is 48.6 Å². The van der Waals surface area contributed by atoms with Crippen LogP contribution in [0.3, 0.4) is 0 Å². The fourth-order valence-corrected chi connectivity index (χ4v) is 2.99. The molecule has 3 atom stereocenters. The van der Waals surface area contributed by atoms with E-state index in [0.717, 1.165) is 16.5 Å². The van der Waals surface area contributed by atoms with Crippen molar-refractivity contribution in [1.82, 2.24) is 0 Å². The number of hydrogen-bond donors (Lipinski definition) is 0. The average molecular weight is 200 g/mol. The van der Waals surface area contributed by atoms with Gasteiger partial charge in [-0.2, -0.15) is 0 Å².